The monoisotopic (exact) mass is 359 g/mol. The molecule has 0 unspecified atom stereocenters. The number of likely N-dealkylation sites (N-methyl/N-ethyl adjacent to an activating group) is 1. The number of nitrogens with zero attached hydrogens (tertiary/aromatic N) is 1. The first-order valence-electron chi connectivity index (χ1n) is 6.85. The predicted molar refractivity (Wildman–Crippen MR) is 85.8 cm³/mol. The molecule has 0 radical (unpaired) electrons. The molecule has 0 saturated heterocycles. The van der Waals surface area contributed by atoms with Crippen molar-refractivity contribution in [2.75, 3.05) is 7.05 Å². The van der Waals surface area contributed by atoms with Crippen LogP contribution in [0.5, 0.6) is 0 Å². The zero-order chi connectivity index (χ0) is 15.9. The van der Waals surface area contributed by atoms with Gasteiger partial charge in [-0.25, -0.2) is 0 Å². The van der Waals surface area contributed by atoms with Crippen molar-refractivity contribution in [1.82, 2.24) is 4.90 Å². The maximum Gasteiger partial charge on any atom is 0.313 e. The summed E-state index contributed by atoms with van der Waals surface area (Å²) in [5.74, 6) is -1.86. The normalized spacial score (nSPS) is 20.6. The summed E-state index contributed by atoms with van der Waals surface area (Å²) in [6.07, 6.45) is 0. The molecule has 2 atom stereocenters. The SMILES string of the molecule is CN1C(=O)c2ccccc2[C@@H](C(=O)O)[C@@H]1c1ccc(Br)cc1. The summed E-state index contributed by atoms with van der Waals surface area (Å²) < 4.78 is 0.910. The maximum atomic E-state index is 12.6. The lowest BCUT2D eigenvalue weighted by Gasteiger charge is -2.38. The average Bonchev–Trinajstić information content (AvgIpc) is 2.51. The minimum Gasteiger partial charge on any atom is -0.481 e. The Bertz CT molecular complexity index is 742. The van der Waals surface area contributed by atoms with E-state index < -0.39 is 17.9 Å². The molecular weight excluding hydrogens is 346 g/mol. The topological polar surface area (TPSA) is 57.6 Å². The molecule has 0 fully saturated rings. The van der Waals surface area contributed by atoms with Gasteiger partial charge < -0.3 is 10.0 Å². The van der Waals surface area contributed by atoms with Gasteiger partial charge in [0.2, 0.25) is 0 Å². The molecule has 1 amide bonds. The van der Waals surface area contributed by atoms with Crippen molar-refractivity contribution in [2.24, 2.45) is 0 Å². The quantitative estimate of drug-likeness (QED) is 0.893. The molecule has 4 nitrogen and oxygen atoms in total. The number of carboxylic acid groups (broad SMARTS) is 1. The number of carbonyl (C=O) groups excluding carboxylic acids is 1. The van der Waals surface area contributed by atoms with Crippen LogP contribution in [0.15, 0.2) is 53.0 Å². The number of aliphatic carboxylic acids is 1. The van der Waals surface area contributed by atoms with Gasteiger partial charge in [0.15, 0.2) is 0 Å². The standard InChI is InChI=1S/C17H14BrNO3/c1-19-15(10-6-8-11(18)9-7-10)14(17(21)22)12-4-2-3-5-13(12)16(19)20/h2-9,14-15H,1H3,(H,21,22)/t14-,15+/m1/s1. The van der Waals surface area contributed by atoms with Crippen molar-refractivity contribution in [3.63, 3.8) is 0 Å². The molecule has 2 aromatic carbocycles. The fourth-order valence-corrected chi connectivity index (χ4v) is 3.28. The molecule has 0 aromatic heterocycles. The van der Waals surface area contributed by atoms with Gasteiger partial charge >= 0.3 is 5.97 Å². The van der Waals surface area contributed by atoms with E-state index in [4.69, 9.17) is 0 Å². The second-order valence-corrected chi connectivity index (χ2v) is 6.23. The summed E-state index contributed by atoms with van der Waals surface area (Å²) in [5, 5.41) is 9.73. The van der Waals surface area contributed by atoms with Crippen molar-refractivity contribution in [2.45, 2.75) is 12.0 Å². The van der Waals surface area contributed by atoms with Crippen LogP contribution >= 0.6 is 15.9 Å². The van der Waals surface area contributed by atoms with Crippen LogP contribution in [0.3, 0.4) is 0 Å². The van der Waals surface area contributed by atoms with Crippen LogP contribution in [0.1, 0.15) is 33.4 Å². The summed E-state index contributed by atoms with van der Waals surface area (Å²) in [6.45, 7) is 0. The second-order valence-electron chi connectivity index (χ2n) is 5.32. The van der Waals surface area contributed by atoms with Gasteiger partial charge in [-0.2, -0.15) is 0 Å². The Hall–Kier alpha value is -2.14. The van der Waals surface area contributed by atoms with E-state index in [0.29, 0.717) is 11.1 Å². The van der Waals surface area contributed by atoms with E-state index in [2.05, 4.69) is 15.9 Å². The largest absolute Gasteiger partial charge is 0.481 e. The molecule has 112 valence electrons. The molecule has 1 N–H and O–H groups in total. The molecule has 1 aliphatic heterocycles. The van der Waals surface area contributed by atoms with E-state index in [1.165, 1.54) is 4.90 Å². The van der Waals surface area contributed by atoms with Gasteiger partial charge in [0, 0.05) is 17.1 Å². The Balaban J connectivity index is 2.18. The number of amides is 1. The van der Waals surface area contributed by atoms with Gasteiger partial charge in [0.05, 0.1) is 6.04 Å². The highest BCUT2D eigenvalue weighted by molar-refractivity contribution is 9.10. The van der Waals surface area contributed by atoms with Gasteiger partial charge in [-0.1, -0.05) is 46.3 Å². The third kappa shape index (κ3) is 2.31. The Labute approximate surface area is 136 Å². The molecular formula is C17H14BrNO3. The molecule has 1 heterocycles. The zero-order valence-corrected chi connectivity index (χ0v) is 13.4. The van der Waals surface area contributed by atoms with E-state index >= 15 is 0 Å². The zero-order valence-electron chi connectivity index (χ0n) is 11.9. The number of rotatable bonds is 2. The highest BCUT2D eigenvalue weighted by Gasteiger charge is 2.42. The van der Waals surface area contributed by atoms with E-state index in [0.717, 1.165) is 10.0 Å². The minimum atomic E-state index is -0.931. The van der Waals surface area contributed by atoms with E-state index in [9.17, 15) is 14.7 Å². The summed E-state index contributed by atoms with van der Waals surface area (Å²) in [4.78, 5) is 26.0. The van der Waals surface area contributed by atoms with Crippen molar-refractivity contribution >= 4 is 27.8 Å². The van der Waals surface area contributed by atoms with Crippen LogP contribution in [0.25, 0.3) is 0 Å². The minimum absolute atomic E-state index is 0.152. The lowest BCUT2D eigenvalue weighted by atomic mass is 9.80. The van der Waals surface area contributed by atoms with Crippen molar-refractivity contribution in [3.8, 4) is 0 Å². The van der Waals surface area contributed by atoms with Crippen molar-refractivity contribution < 1.29 is 14.7 Å². The molecule has 0 aliphatic carbocycles. The molecule has 0 bridgehead atoms. The van der Waals surface area contributed by atoms with Crippen LogP contribution in [0, 0.1) is 0 Å². The van der Waals surface area contributed by atoms with Crippen LogP contribution in [0.2, 0.25) is 0 Å². The number of carboxylic acids is 1. The summed E-state index contributed by atoms with van der Waals surface area (Å²) >= 11 is 3.37. The van der Waals surface area contributed by atoms with E-state index in [1.54, 1.807) is 31.3 Å². The van der Waals surface area contributed by atoms with Crippen LogP contribution in [0.4, 0.5) is 0 Å². The first-order valence-corrected chi connectivity index (χ1v) is 7.64. The number of halogens is 1. The highest BCUT2D eigenvalue weighted by atomic mass is 79.9. The third-order valence-electron chi connectivity index (χ3n) is 4.06. The van der Waals surface area contributed by atoms with Crippen LogP contribution in [-0.4, -0.2) is 28.9 Å². The number of fused-ring (bicyclic) bond motifs is 1. The second kappa shape index (κ2) is 5.57. The van der Waals surface area contributed by atoms with E-state index in [-0.39, 0.29) is 5.91 Å². The molecule has 3 rings (SSSR count). The van der Waals surface area contributed by atoms with E-state index in [1.807, 2.05) is 24.3 Å². The third-order valence-corrected chi connectivity index (χ3v) is 4.59. The Morgan fingerprint density at radius 1 is 1.14 bits per heavy atom. The van der Waals surface area contributed by atoms with Crippen molar-refractivity contribution in [1.29, 1.82) is 0 Å². The predicted octanol–water partition coefficient (Wildman–Crippen LogP) is 3.44. The number of hydrogen-bond donors (Lipinski definition) is 1. The summed E-state index contributed by atoms with van der Waals surface area (Å²) in [5.41, 5.74) is 1.85. The molecule has 2 aromatic rings. The highest BCUT2D eigenvalue weighted by Crippen LogP contribution is 2.42. The van der Waals surface area contributed by atoms with Crippen LogP contribution < -0.4 is 0 Å². The summed E-state index contributed by atoms with van der Waals surface area (Å²) in [6, 6.07) is 13.8. The first-order chi connectivity index (χ1) is 10.5. The van der Waals surface area contributed by atoms with Gasteiger partial charge in [0.1, 0.15) is 5.92 Å². The van der Waals surface area contributed by atoms with Crippen molar-refractivity contribution in [3.05, 3.63) is 69.7 Å². The average molecular weight is 360 g/mol. The Morgan fingerprint density at radius 2 is 1.77 bits per heavy atom. The number of hydrogen-bond acceptors (Lipinski definition) is 2. The molecule has 0 saturated carbocycles. The first kappa shape index (κ1) is 14.8. The number of benzene rings is 2. The van der Waals surface area contributed by atoms with Gasteiger partial charge in [-0.15, -0.1) is 0 Å². The molecule has 5 heteroatoms. The smallest absolute Gasteiger partial charge is 0.313 e. The fourth-order valence-electron chi connectivity index (χ4n) is 3.02. The summed E-state index contributed by atoms with van der Waals surface area (Å²) in [7, 11) is 1.65. The molecule has 22 heavy (non-hydrogen) atoms. The Kier molecular flexibility index (Phi) is 3.74. The maximum absolute atomic E-state index is 12.6. The Morgan fingerprint density at radius 3 is 2.41 bits per heavy atom. The molecule has 0 spiro atoms. The van der Waals surface area contributed by atoms with Gasteiger partial charge in [0.25, 0.3) is 5.91 Å². The van der Waals surface area contributed by atoms with Gasteiger partial charge in [-0.3, -0.25) is 9.59 Å². The molecule has 1 aliphatic rings. The lowest BCUT2D eigenvalue weighted by Crippen LogP contribution is -2.42. The number of carbonyl (C=O) groups is 2. The van der Waals surface area contributed by atoms with Crippen LogP contribution in [-0.2, 0) is 4.79 Å². The van der Waals surface area contributed by atoms with Gasteiger partial charge in [-0.05, 0) is 29.3 Å². The lowest BCUT2D eigenvalue weighted by molar-refractivity contribution is -0.140. The fraction of sp³-hybridized carbons (Fsp3) is 0.176.